The van der Waals surface area contributed by atoms with Crippen LogP contribution in [0.4, 0.5) is 22.4 Å². The number of piperidine rings is 1. The fourth-order valence-electron chi connectivity index (χ4n) is 5.51. The Kier molecular flexibility index (Phi) is 8.84. The van der Waals surface area contributed by atoms with E-state index in [0.717, 1.165) is 11.2 Å². The second-order valence-corrected chi connectivity index (χ2v) is 13.4. The van der Waals surface area contributed by atoms with Gasteiger partial charge in [0.1, 0.15) is 17.4 Å². The Morgan fingerprint density at radius 1 is 1.02 bits per heavy atom. The number of rotatable bonds is 7. The molecule has 0 radical (unpaired) electrons. The molecule has 238 valence electrons. The lowest BCUT2D eigenvalue weighted by Gasteiger charge is -2.43. The third-order valence-electron chi connectivity index (χ3n) is 8.09. The molecule has 1 N–H and O–H groups in total. The van der Waals surface area contributed by atoms with Gasteiger partial charge in [-0.3, -0.25) is 19.3 Å². The van der Waals surface area contributed by atoms with E-state index >= 15 is 0 Å². The van der Waals surface area contributed by atoms with Gasteiger partial charge in [-0.1, -0.05) is 26.0 Å². The summed E-state index contributed by atoms with van der Waals surface area (Å²) < 4.78 is 77.4. The Morgan fingerprint density at radius 2 is 1.61 bits per heavy atom. The van der Waals surface area contributed by atoms with Crippen molar-refractivity contribution in [3.8, 4) is 0 Å². The van der Waals surface area contributed by atoms with E-state index in [9.17, 15) is 45.2 Å². The number of likely N-dealkylation sites (tertiary alicyclic amines) is 1. The van der Waals surface area contributed by atoms with E-state index in [2.05, 4.69) is 5.32 Å². The first-order valence-corrected chi connectivity index (χ1v) is 15.6. The van der Waals surface area contributed by atoms with Gasteiger partial charge in [-0.05, 0) is 54.7 Å². The fourth-order valence-corrected chi connectivity index (χ4v) is 6.14. The number of hydrogen-bond donors (Lipinski definition) is 1. The van der Waals surface area contributed by atoms with Crippen LogP contribution in [0.2, 0.25) is 0 Å². The van der Waals surface area contributed by atoms with E-state index in [-0.39, 0.29) is 37.4 Å². The van der Waals surface area contributed by atoms with Crippen LogP contribution in [-0.4, -0.2) is 84.8 Å². The standard InChI is InChI=1S/C29H32F4N4O6S/c1-17(2)23(34-24(38)21-15-19(29(31,32)33)7-10-22(21)30)25(39)36-13-11-28(12-14-36)26(40)35(3)27(41)37(28)16-18-5-8-20(9-6-18)44(4,42)43/h5-10,15,17,23H,11-14,16H2,1-4H3,(H,34,38). The zero-order chi connectivity index (χ0) is 32.8. The number of hydrogen-bond acceptors (Lipinski definition) is 6. The number of amides is 5. The van der Waals surface area contributed by atoms with Crippen LogP contribution in [0.1, 0.15) is 48.2 Å². The summed E-state index contributed by atoms with van der Waals surface area (Å²) >= 11 is 0. The van der Waals surface area contributed by atoms with Crippen LogP contribution in [0.15, 0.2) is 47.4 Å². The molecule has 10 nitrogen and oxygen atoms in total. The van der Waals surface area contributed by atoms with Crippen LogP contribution in [-0.2, 0) is 32.1 Å². The first-order valence-electron chi connectivity index (χ1n) is 13.7. The van der Waals surface area contributed by atoms with E-state index in [1.165, 1.54) is 29.0 Å². The monoisotopic (exact) mass is 640 g/mol. The van der Waals surface area contributed by atoms with E-state index < -0.39 is 74.2 Å². The fraction of sp³-hybridized carbons (Fsp3) is 0.448. The maximum absolute atomic E-state index is 14.3. The average molecular weight is 641 g/mol. The lowest BCUT2D eigenvalue weighted by Crippen LogP contribution is -2.60. The van der Waals surface area contributed by atoms with Crippen LogP contribution in [0.5, 0.6) is 0 Å². The molecule has 2 saturated heterocycles. The minimum Gasteiger partial charge on any atom is -0.341 e. The molecule has 0 aromatic heterocycles. The number of imide groups is 1. The van der Waals surface area contributed by atoms with Gasteiger partial charge in [0.25, 0.3) is 11.8 Å². The summed E-state index contributed by atoms with van der Waals surface area (Å²) in [5, 5.41) is 2.37. The highest BCUT2D eigenvalue weighted by Gasteiger charge is 2.57. The highest BCUT2D eigenvalue weighted by Crippen LogP contribution is 2.38. The summed E-state index contributed by atoms with van der Waals surface area (Å²) in [6.07, 6.45) is -3.60. The molecule has 1 unspecified atom stereocenters. The number of carbonyl (C=O) groups is 4. The largest absolute Gasteiger partial charge is 0.416 e. The quantitative estimate of drug-likeness (QED) is 0.365. The van der Waals surface area contributed by atoms with Crippen molar-refractivity contribution in [2.45, 2.75) is 55.9 Å². The van der Waals surface area contributed by atoms with Gasteiger partial charge in [-0.15, -0.1) is 0 Å². The topological polar surface area (TPSA) is 124 Å². The minimum absolute atomic E-state index is 0.0140. The van der Waals surface area contributed by atoms with Gasteiger partial charge >= 0.3 is 12.2 Å². The minimum atomic E-state index is -4.81. The van der Waals surface area contributed by atoms with Gasteiger partial charge in [0, 0.05) is 32.9 Å². The zero-order valence-corrected chi connectivity index (χ0v) is 25.3. The lowest BCUT2D eigenvalue weighted by molar-refractivity contribution is -0.142. The van der Waals surface area contributed by atoms with Crippen LogP contribution >= 0.6 is 0 Å². The highest BCUT2D eigenvalue weighted by atomic mass is 32.2. The van der Waals surface area contributed by atoms with E-state index in [1.54, 1.807) is 26.0 Å². The predicted octanol–water partition coefficient (Wildman–Crippen LogP) is 3.46. The number of sulfone groups is 1. The molecule has 44 heavy (non-hydrogen) atoms. The smallest absolute Gasteiger partial charge is 0.341 e. The summed E-state index contributed by atoms with van der Waals surface area (Å²) in [7, 11) is -2.08. The van der Waals surface area contributed by atoms with Gasteiger partial charge < -0.3 is 15.1 Å². The molecule has 1 spiro atoms. The molecular formula is C29H32F4N4O6S. The number of carbonyl (C=O) groups excluding carboxylic acids is 4. The molecule has 0 bridgehead atoms. The number of benzene rings is 2. The van der Waals surface area contributed by atoms with Crippen LogP contribution in [0.25, 0.3) is 0 Å². The molecule has 0 aliphatic carbocycles. The van der Waals surface area contributed by atoms with Gasteiger partial charge in [0.15, 0.2) is 9.84 Å². The highest BCUT2D eigenvalue weighted by molar-refractivity contribution is 7.90. The average Bonchev–Trinajstić information content (AvgIpc) is 3.11. The molecule has 1 atom stereocenters. The van der Waals surface area contributed by atoms with Gasteiger partial charge in [-0.2, -0.15) is 13.2 Å². The molecular weight excluding hydrogens is 608 g/mol. The third kappa shape index (κ3) is 6.28. The number of alkyl halides is 3. The number of likely N-dealkylation sites (N-methyl/N-ethyl adjacent to an activating group) is 1. The SMILES string of the molecule is CC(C)C(NC(=O)c1cc(C(F)(F)F)ccc1F)C(=O)N1CCC2(CC1)C(=O)N(C)C(=O)N2Cc1ccc(S(C)(=O)=O)cc1. The van der Waals surface area contributed by atoms with E-state index in [0.29, 0.717) is 23.8 Å². The molecule has 0 saturated carbocycles. The third-order valence-corrected chi connectivity index (χ3v) is 9.22. The molecule has 5 amide bonds. The molecule has 4 rings (SSSR count). The zero-order valence-electron chi connectivity index (χ0n) is 24.4. The maximum atomic E-state index is 14.3. The molecule has 2 fully saturated rings. The van der Waals surface area contributed by atoms with Gasteiger partial charge in [0.05, 0.1) is 16.0 Å². The van der Waals surface area contributed by atoms with Crippen molar-refractivity contribution in [3.05, 3.63) is 65.0 Å². The van der Waals surface area contributed by atoms with Crippen LogP contribution in [0, 0.1) is 11.7 Å². The number of nitrogens with zero attached hydrogens (tertiary/aromatic N) is 3. The van der Waals surface area contributed by atoms with Gasteiger partial charge in [-0.25, -0.2) is 17.6 Å². The van der Waals surface area contributed by atoms with Crippen molar-refractivity contribution < 1.29 is 45.2 Å². The number of halogens is 4. The molecule has 2 aromatic rings. The second-order valence-electron chi connectivity index (χ2n) is 11.4. The van der Waals surface area contributed by atoms with Crippen molar-refractivity contribution in [1.29, 1.82) is 0 Å². The molecule has 2 aromatic carbocycles. The summed E-state index contributed by atoms with van der Waals surface area (Å²) in [6.45, 7) is 3.28. The predicted molar refractivity (Wildman–Crippen MR) is 149 cm³/mol. The first-order chi connectivity index (χ1) is 20.4. The summed E-state index contributed by atoms with van der Waals surface area (Å²) in [6, 6.07) is 5.63. The van der Waals surface area contributed by atoms with E-state index in [1.807, 2.05) is 0 Å². The summed E-state index contributed by atoms with van der Waals surface area (Å²) in [5.74, 6) is -3.89. The molecule has 2 heterocycles. The molecule has 2 aliphatic heterocycles. The number of nitrogens with one attached hydrogen (secondary N) is 1. The Hall–Kier alpha value is -4.01. The van der Waals surface area contributed by atoms with Crippen LogP contribution < -0.4 is 5.32 Å². The van der Waals surface area contributed by atoms with Crippen molar-refractivity contribution in [2.75, 3.05) is 26.4 Å². The second kappa shape index (κ2) is 11.8. The Balaban J connectivity index is 1.50. The van der Waals surface area contributed by atoms with E-state index in [4.69, 9.17) is 0 Å². The first kappa shape index (κ1) is 32.9. The normalized spacial score (nSPS) is 17.9. The number of urea groups is 1. The van der Waals surface area contributed by atoms with Crippen molar-refractivity contribution in [3.63, 3.8) is 0 Å². The maximum Gasteiger partial charge on any atom is 0.416 e. The van der Waals surface area contributed by atoms with Gasteiger partial charge in [0.2, 0.25) is 5.91 Å². The summed E-state index contributed by atoms with van der Waals surface area (Å²) in [5.41, 5.74) is -2.74. The van der Waals surface area contributed by atoms with Crippen molar-refractivity contribution in [1.82, 2.24) is 20.0 Å². The van der Waals surface area contributed by atoms with Crippen LogP contribution in [0.3, 0.4) is 0 Å². The Bertz CT molecular complexity index is 1590. The summed E-state index contributed by atoms with van der Waals surface area (Å²) in [4.78, 5) is 56.7. The lowest BCUT2D eigenvalue weighted by atomic mass is 9.85. The van der Waals surface area contributed by atoms with Crippen molar-refractivity contribution >= 4 is 33.6 Å². The Labute approximate surface area is 251 Å². The van der Waals surface area contributed by atoms with Crippen molar-refractivity contribution in [2.24, 2.45) is 5.92 Å². The molecule has 15 heteroatoms. The molecule has 2 aliphatic rings. The Morgan fingerprint density at radius 3 is 2.14 bits per heavy atom.